The molecule has 1 aromatic rings. The summed E-state index contributed by atoms with van der Waals surface area (Å²) in [6.45, 7) is 10.8. The maximum absolute atomic E-state index is 5.97. The quantitative estimate of drug-likeness (QED) is 0.869. The Labute approximate surface area is 134 Å². The lowest BCUT2D eigenvalue weighted by molar-refractivity contribution is 0.225. The van der Waals surface area contributed by atoms with Gasteiger partial charge in [-0.3, -0.25) is 0 Å². The van der Waals surface area contributed by atoms with Crippen LogP contribution in [0.2, 0.25) is 5.02 Å². The van der Waals surface area contributed by atoms with Crippen LogP contribution in [0.15, 0.2) is 24.3 Å². The van der Waals surface area contributed by atoms with Crippen LogP contribution in [0.25, 0.3) is 0 Å². The molecule has 1 saturated heterocycles. The minimum atomic E-state index is 0.413. The summed E-state index contributed by atoms with van der Waals surface area (Å²) in [5.74, 6) is 0.834. The molecule has 118 valence electrons. The van der Waals surface area contributed by atoms with Gasteiger partial charge in [0, 0.05) is 17.6 Å². The Morgan fingerprint density at radius 2 is 1.95 bits per heavy atom. The maximum Gasteiger partial charge on any atom is 0.0406 e. The number of likely N-dealkylation sites (tertiary alicyclic amines) is 1. The van der Waals surface area contributed by atoms with E-state index in [1.165, 1.54) is 31.6 Å². The standard InChI is InChI=1S/C18H29ClN2/c1-18(2,3)15-9-11-21(13-15)12-10-17(20-4)14-5-7-16(19)8-6-14/h5-8,15,17,20H,9-13H2,1-4H3. The molecule has 1 aromatic carbocycles. The van der Waals surface area contributed by atoms with Crippen molar-refractivity contribution in [3.05, 3.63) is 34.9 Å². The summed E-state index contributed by atoms with van der Waals surface area (Å²) in [6, 6.07) is 8.63. The summed E-state index contributed by atoms with van der Waals surface area (Å²) in [4.78, 5) is 2.62. The zero-order chi connectivity index (χ0) is 15.5. The molecule has 1 N–H and O–H groups in total. The number of benzene rings is 1. The smallest absolute Gasteiger partial charge is 0.0406 e. The molecule has 0 amide bonds. The van der Waals surface area contributed by atoms with Crippen molar-refractivity contribution < 1.29 is 0 Å². The van der Waals surface area contributed by atoms with Crippen molar-refractivity contribution in [3.63, 3.8) is 0 Å². The lowest BCUT2D eigenvalue weighted by atomic mass is 9.80. The van der Waals surface area contributed by atoms with E-state index < -0.39 is 0 Å². The van der Waals surface area contributed by atoms with Gasteiger partial charge in [0.05, 0.1) is 0 Å². The molecular formula is C18H29ClN2. The van der Waals surface area contributed by atoms with Crippen molar-refractivity contribution in [2.45, 2.75) is 39.7 Å². The predicted octanol–water partition coefficient (Wildman–Crippen LogP) is 4.36. The first kappa shape index (κ1) is 16.8. The minimum absolute atomic E-state index is 0.413. The average molecular weight is 309 g/mol. The summed E-state index contributed by atoms with van der Waals surface area (Å²) in [7, 11) is 2.04. The van der Waals surface area contributed by atoms with Crippen molar-refractivity contribution in [2.75, 3.05) is 26.7 Å². The summed E-state index contributed by atoms with van der Waals surface area (Å²) in [6.07, 6.45) is 2.49. The number of rotatable bonds is 5. The van der Waals surface area contributed by atoms with Gasteiger partial charge in [0.15, 0.2) is 0 Å². The number of nitrogens with one attached hydrogen (secondary N) is 1. The summed E-state index contributed by atoms with van der Waals surface area (Å²) in [5, 5.41) is 4.24. The van der Waals surface area contributed by atoms with E-state index in [-0.39, 0.29) is 0 Å². The first-order chi connectivity index (χ1) is 9.90. The second kappa shape index (κ2) is 7.13. The van der Waals surface area contributed by atoms with Gasteiger partial charge in [-0.2, -0.15) is 0 Å². The molecule has 0 bridgehead atoms. The van der Waals surface area contributed by atoms with Gasteiger partial charge in [0.1, 0.15) is 0 Å². The van der Waals surface area contributed by atoms with Crippen LogP contribution in [0.5, 0.6) is 0 Å². The van der Waals surface area contributed by atoms with Gasteiger partial charge in [0.25, 0.3) is 0 Å². The van der Waals surface area contributed by atoms with Crippen LogP contribution >= 0.6 is 11.6 Å². The Morgan fingerprint density at radius 1 is 1.29 bits per heavy atom. The highest BCUT2D eigenvalue weighted by atomic mass is 35.5. The van der Waals surface area contributed by atoms with Gasteiger partial charge < -0.3 is 10.2 Å². The topological polar surface area (TPSA) is 15.3 Å². The third-order valence-corrected chi connectivity index (χ3v) is 5.10. The van der Waals surface area contributed by atoms with Gasteiger partial charge in [-0.15, -0.1) is 0 Å². The molecule has 0 saturated carbocycles. The Hall–Kier alpha value is -0.570. The molecular weight excluding hydrogens is 280 g/mol. The number of nitrogens with zero attached hydrogens (tertiary/aromatic N) is 1. The van der Waals surface area contributed by atoms with E-state index in [9.17, 15) is 0 Å². The molecule has 2 atom stereocenters. The molecule has 1 heterocycles. The average Bonchev–Trinajstić information content (AvgIpc) is 2.90. The van der Waals surface area contributed by atoms with Crippen LogP contribution in [0.3, 0.4) is 0 Å². The predicted molar refractivity (Wildman–Crippen MR) is 91.9 cm³/mol. The molecule has 3 heteroatoms. The summed E-state index contributed by atoms with van der Waals surface area (Å²) < 4.78 is 0. The molecule has 1 fully saturated rings. The molecule has 0 aromatic heterocycles. The van der Waals surface area contributed by atoms with Crippen LogP contribution in [0, 0.1) is 11.3 Å². The Balaban J connectivity index is 1.85. The van der Waals surface area contributed by atoms with Gasteiger partial charge in [-0.25, -0.2) is 0 Å². The monoisotopic (exact) mass is 308 g/mol. The molecule has 1 aliphatic rings. The van der Waals surface area contributed by atoms with Crippen molar-refractivity contribution >= 4 is 11.6 Å². The third-order valence-electron chi connectivity index (χ3n) is 4.85. The minimum Gasteiger partial charge on any atom is -0.313 e. The normalized spacial score (nSPS) is 21.7. The number of halogens is 1. The van der Waals surface area contributed by atoms with Crippen LogP contribution in [0.4, 0.5) is 0 Å². The molecule has 0 radical (unpaired) electrons. The SMILES string of the molecule is CNC(CCN1CCC(C(C)(C)C)C1)c1ccc(Cl)cc1. The van der Waals surface area contributed by atoms with E-state index >= 15 is 0 Å². The Bertz CT molecular complexity index is 436. The van der Waals surface area contributed by atoms with Gasteiger partial charge >= 0.3 is 0 Å². The fourth-order valence-corrected chi connectivity index (χ4v) is 3.35. The summed E-state index contributed by atoms with van der Waals surface area (Å²) >= 11 is 5.97. The van der Waals surface area contributed by atoms with E-state index in [0.717, 1.165) is 17.4 Å². The van der Waals surface area contributed by atoms with E-state index in [4.69, 9.17) is 11.6 Å². The van der Waals surface area contributed by atoms with E-state index in [1.54, 1.807) is 0 Å². The number of hydrogen-bond donors (Lipinski definition) is 1. The Kier molecular flexibility index (Phi) is 5.70. The van der Waals surface area contributed by atoms with Gasteiger partial charge in [-0.1, -0.05) is 44.5 Å². The van der Waals surface area contributed by atoms with Crippen molar-refractivity contribution in [3.8, 4) is 0 Å². The first-order valence-corrected chi connectivity index (χ1v) is 8.43. The van der Waals surface area contributed by atoms with E-state index in [2.05, 4.69) is 43.1 Å². The number of hydrogen-bond acceptors (Lipinski definition) is 2. The second-order valence-electron chi connectivity index (χ2n) is 7.33. The molecule has 0 aliphatic carbocycles. The Morgan fingerprint density at radius 3 is 2.48 bits per heavy atom. The van der Waals surface area contributed by atoms with Crippen LogP contribution in [0.1, 0.15) is 45.2 Å². The highest BCUT2D eigenvalue weighted by Gasteiger charge is 2.31. The fourth-order valence-electron chi connectivity index (χ4n) is 3.23. The maximum atomic E-state index is 5.97. The van der Waals surface area contributed by atoms with Crippen molar-refractivity contribution in [2.24, 2.45) is 11.3 Å². The second-order valence-corrected chi connectivity index (χ2v) is 7.77. The highest BCUT2D eigenvalue weighted by Crippen LogP contribution is 2.33. The molecule has 2 rings (SSSR count). The fraction of sp³-hybridized carbons (Fsp3) is 0.667. The zero-order valence-electron chi connectivity index (χ0n) is 13.8. The molecule has 21 heavy (non-hydrogen) atoms. The van der Waals surface area contributed by atoms with Crippen LogP contribution in [-0.4, -0.2) is 31.6 Å². The molecule has 2 unspecified atom stereocenters. The zero-order valence-corrected chi connectivity index (χ0v) is 14.6. The molecule has 0 spiro atoms. The van der Waals surface area contributed by atoms with Crippen molar-refractivity contribution in [1.29, 1.82) is 0 Å². The summed E-state index contributed by atoms with van der Waals surface area (Å²) in [5.41, 5.74) is 1.77. The van der Waals surface area contributed by atoms with E-state index in [0.29, 0.717) is 11.5 Å². The molecule has 1 aliphatic heterocycles. The lowest BCUT2D eigenvalue weighted by Crippen LogP contribution is -2.29. The largest absolute Gasteiger partial charge is 0.313 e. The van der Waals surface area contributed by atoms with Crippen LogP contribution < -0.4 is 5.32 Å². The van der Waals surface area contributed by atoms with Gasteiger partial charge in [-0.05, 0) is 62.0 Å². The third kappa shape index (κ3) is 4.70. The van der Waals surface area contributed by atoms with Crippen molar-refractivity contribution in [1.82, 2.24) is 10.2 Å². The van der Waals surface area contributed by atoms with Crippen LogP contribution in [-0.2, 0) is 0 Å². The van der Waals surface area contributed by atoms with Gasteiger partial charge in [0.2, 0.25) is 0 Å². The molecule has 2 nitrogen and oxygen atoms in total. The lowest BCUT2D eigenvalue weighted by Gasteiger charge is -2.27. The highest BCUT2D eigenvalue weighted by molar-refractivity contribution is 6.30. The first-order valence-electron chi connectivity index (χ1n) is 8.05. The van der Waals surface area contributed by atoms with E-state index in [1.807, 2.05) is 19.2 Å².